The number of fused-ring (bicyclic) bond motifs is 1. The SMILES string of the molecule is Cc1cc2nc(C3CCCCC3)nn2c(O)c1C#N. The van der Waals surface area contributed by atoms with Crippen molar-refractivity contribution >= 4 is 5.65 Å². The van der Waals surface area contributed by atoms with E-state index in [1.165, 1.54) is 23.8 Å². The maximum atomic E-state index is 10.1. The summed E-state index contributed by atoms with van der Waals surface area (Å²) < 4.78 is 1.38. The molecule has 98 valence electrons. The van der Waals surface area contributed by atoms with E-state index >= 15 is 0 Å². The Kier molecular flexibility index (Phi) is 2.86. The highest BCUT2D eigenvalue weighted by Gasteiger charge is 2.21. The summed E-state index contributed by atoms with van der Waals surface area (Å²) in [4.78, 5) is 4.52. The molecule has 1 aliphatic rings. The molecule has 5 heteroatoms. The van der Waals surface area contributed by atoms with Gasteiger partial charge in [0.25, 0.3) is 0 Å². The molecule has 0 unspecified atom stereocenters. The van der Waals surface area contributed by atoms with Gasteiger partial charge in [0.05, 0.1) is 0 Å². The van der Waals surface area contributed by atoms with Gasteiger partial charge in [-0.2, -0.15) is 9.78 Å². The first-order chi connectivity index (χ1) is 9.20. The number of hydrogen-bond acceptors (Lipinski definition) is 4. The van der Waals surface area contributed by atoms with Crippen LogP contribution in [0.15, 0.2) is 6.07 Å². The molecule has 0 atom stereocenters. The highest BCUT2D eigenvalue weighted by Crippen LogP contribution is 2.32. The van der Waals surface area contributed by atoms with Crippen LogP contribution >= 0.6 is 0 Å². The molecule has 1 saturated carbocycles. The van der Waals surface area contributed by atoms with Crippen LogP contribution in [-0.4, -0.2) is 19.7 Å². The molecule has 2 aromatic rings. The Labute approximate surface area is 111 Å². The van der Waals surface area contributed by atoms with E-state index in [-0.39, 0.29) is 11.4 Å². The van der Waals surface area contributed by atoms with Gasteiger partial charge in [0.1, 0.15) is 11.6 Å². The van der Waals surface area contributed by atoms with E-state index in [1.54, 1.807) is 13.0 Å². The summed E-state index contributed by atoms with van der Waals surface area (Å²) in [5.74, 6) is 1.08. The van der Waals surface area contributed by atoms with E-state index in [9.17, 15) is 5.11 Å². The molecule has 0 bridgehead atoms. The van der Waals surface area contributed by atoms with Crippen LogP contribution in [0, 0.1) is 18.3 Å². The van der Waals surface area contributed by atoms with Gasteiger partial charge in [-0.3, -0.25) is 0 Å². The Morgan fingerprint density at radius 1 is 1.37 bits per heavy atom. The van der Waals surface area contributed by atoms with Gasteiger partial charge in [0.2, 0.25) is 5.88 Å². The Bertz CT molecular complexity index is 662. The van der Waals surface area contributed by atoms with E-state index in [4.69, 9.17) is 5.26 Å². The highest BCUT2D eigenvalue weighted by molar-refractivity contribution is 5.54. The number of nitriles is 1. The average Bonchev–Trinajstić information content (AvgIpc) is 2.84. The molecule has 1 fully saturated rings. The lowest BCUT2D eigenvalue weighted by Crippen LogP contribution is -2.06. The molecule has 0 aromatic carbocycles. The lowest BCUT2D eigenvalue weighted by Gasteiger charge is -2.17. The van der Waals surface area contributed by atoms with Crippen LogP contribution in [0.5, 0.6) is 5.88 Å². The van der Waals surface area contributed by atoms with Crippen LogP contribution < -0.4 is 0 Å². The van der Waals surface area contributed by atoms with Crippen molar-refractivity contribution in [1.29, 1.82) is 5.26 Å². The van der Waals surface area contributed by atoms with Crippen LogP contribution in [0.2, 0.25) is 0 Å². The van der Waals surface area contributed by atoms with E-state index in [0.29, 0.717) is 11.6 Å². The minimum atomic E-state index is -0.105. The molecule has 1 N–H and O–H groups in total. The second-order valence-electron chi connectivity index (χ2n) is 5.21. The second-order valence-corrected chi connectivity index (χ2v) is 5.21. The summed E-state index contributed by atoms with van der Waals surface area (Å²) in [5, 5.41) is 23.5. The summed E-state index contributed by atoms with van der Waals surface area (Å²) >= 11 is 0. The topological polar surface area (TPSA) is 74.2 Å². The number of pyridine rings is 1. The van der Waals surface area contributed by atoms with Gasteiger partial charge in [-0.05, 0) is 31.4 Å². The first-order valence-corrected chi connectivity index (χ1v) is 6.70. The first-order valence-electron chi connectivity index (χ1n) is 6.70. The van der Waals surface area contributed by atoms with Crippen LogP contribution in [0.3, 0.4) is 0 Å². The number of rotatable bonds is 1. The monoisotopic (exact) mass is 256 g/mol. The molecule has 1 aliphatic carbocycles. The largest absolute Gasteiger partial charge is 0.492 e. The van der Waals surface area contributed by atoms with Gasteiger partial charge < -0.3 is 5.11 Å². The van der Waals surface area contributed by atoms with Crippen molar-refractivity contribution < 1.29 is 5.11 Å². The Hall–Kier alpha value is -2.09. The van der Waals surface area contributed by atoms with Crippen molar-refractivity contribution in [2.75, 3.05) is 0 Å². The summed E-state index contributed by atoms with van der Waals surface area (Å²) in [6.45, 7) is 1.80. The van der Waals surface area contributed by atoms with Gasteiger partial charge >= 0.3 is 0 Å². The molecule has 0 radical (unpaired) electrons. The van der Waals surface area contributed by atoms with Crippen LogP contribution in [0.1, 0.15) is 55.0 Å². The third-order valence-corrected chi connectivity index (χ3v) is 3.89. The number of aromatic hydroxyl groups is 1. The van der Waals surface area contributed by atoms with E-state index in [0.717, 1.165) is 24.2 Å². The predicted octanol–water partition coefficient (Wildman–Crippen LogP) is 2.66. The minimum absolute atomic E-state index is 0.105. The maximum absolute atomic E-state index is 10.1. The zero-order valence-electron chi connectivity index (χ0n) is 10.9. The summed E-state index contributed by atoms with van der Waals surface area (Å²) in [7, 11) is 0. The van der Waals surface area contributed by atoms with E-state index in [2.05, 4.69) is 10.1 Å². The highest BCUT2D eigenvalue weighted by atomic mass is 16.3. The number of nitrogens with zero attached hydrogens (tertiary/aromatic N) is 4. The molecule has 5 nitrogen and oxygen atoms in total. The van der Waals surface area contributed by atoms with E-state index in [1.807, 2.05) is 6.07 Å². The summed E-state index contributed by atoms with van der Waals surface area (Å²) in [5.41, 5.74) is 1.62. The van der Waals surface area contributed by atoms with Crippen LogP contribution in [0.25, 0.3) is 5.65 Å². The zero-order valence-corrected chi connectivity index (χ0v) is 10.9. The van der Waals surface area contributed by atoms with Crippen LogP contribution in [0.4, 0.5) is 0 Å². The van der Waals surface area contributed by atoms with E-state index < -0.39 is 0 Å². The fraction of sp³-hybridized carbons (Fsp3) is 0.500. The average molecular weight is 256 g/mol. The Morgan fingerprint density at radius 3 is 2.79 bits per heavy atom. The quantitative estimate of drug-likeness (QED) is 0.851. The van der Waals surface area contributed by atoms with Crippen molar-refractivity contribution in [3.8, 4) is 11.9 Å². The van der Waals surface area contributed by atoms with Gasteiger partial charge in [-0.1, -0.05) is 19.3 Å². The molecule has 3 rings (SSSR count). The maximum Gasteiger partial charge on any atom is 0.232 e. The molecule has 0 aliphatic heterocycles. The van der Waals surface area contributed by atoms with Gasteiger partial charge in [0, 0.05) is 5.92 Å². The van der Waals surface area contributed by atoms with Crippen molar-refractivity contribution in [2.24, 2.45) is 0 Å². The molecular formula is C14H16N4O. The third kappa shape index (κ3) is 1.93. The lowest BCUT2D eigenvalue weighted by molar-refractivity contribution is 0.418. The third-order valence-electron chi connectivity index (χ3n) is 3.89. The Balaban J connectivity index is 2.10. The fourth-order valence-electron chi connectivity index (χ4n) is 2.81. The van der Waals surface area contributed by atoms with Crippen molar-refractivity contribution in [3.05, 3.63) is 23.0 Å². The summed E-state index contributed by atoms with van der Waals surface area (Å²) in [6, 6.07) is 3.81. The van der Waals surface area contributed by atoms with Crippen molar-refractivity contribution in [2.45, 2.75) is 44.9 Å². The zero-order chi connectivity index (χ0) is 13.4. The Morgan fingerprint density at radius 2 is 2.11 bits per heavy atom. The molecular weight excluding hydrogens is 240 g/mol. The fourth-order valence-corrected chi connectivity index (χ4v) is 2.81. The molecule has 0 saturated heterocycles. The summed E-state index contributed by atoms with van der Waals surface area (Å²) in [6.07, 6.45) is 5.94. The second kappa shape index (κ2) is 4.54. The number of aryl methyl sites for hydroxylation is 1. The molecule has 2 heterocycles. The van der Waals surface area contributed by atoms with Gasteiger partial charge in [-0.15, -0.1) is 5.10 Å². The van der Waals surface area contributed by atoms with Crippen molar-refractivity contribution in [3.63, 3.8) is 0 Å². The van der Waals surface area contributed by atoms with Gasteiger partial charge in [-0.25, -0.2) is 4.98 Å². The molecule has 0 amide bonds. The lowest BCUT2D eigenvalue weighted by atomic mass is 9.89. The number of hydrogen-bond donors (Lipinski definition) is 1. The number of aromatic nitrogens is 3. The minimum Gasteiger partial charge on any atom is -0.492 e. The normalized spacial score (nSPS) is 16.6. The van der Waals surface area contributed by atoms with Gasteiger partial charge in [0.15, 0.2) is 11.5 Å². The smallest absolute Gasteiger partial charge is 0.232 e. The molecule has 2 aromatic heterocycles. The van der Waals surface area contributed by atoms with Crippen LogP contribution in [-0.2, 0) is 0 Å². The standard InChI is InChI=1S/C14H16N4O/c1-9-7-12-16-13(10-5-3-2-4-6-10)17-18(12)14(19)11(9)8-15/h7,10,19H,2-6H2,1H3. The molecule has 19 heavy (non-hydrogen) atoms. The molecule has 0 spiro atoms. The predicted molar refractivity (Wildman–Crippen MR) is 69.9 cm³/mol. The first kappa shape index (κ1) is 12.0. The van der Waals surface area contributed by atoms with Crippen molar-refractivity contribution in [1.82, 2.24) is 14.6 Å².